The van der Waals surface area contributed by atoms with E-state index in [2.05, 4.69) is 10.5 Å². The molecular weight excluding hydrogens is 233 g/mol. The lowest BCUT2D eigenvalue weighted by Crippen LogP contribution is -2.27. The average Bonchev–Trinajstić information content (AvgIpc) is 2.29. The number of nitrogens with one attached hydrogen (secondary N) is 1. The van der Waals surface area contributed by atoms with Crippen LogP contribution in [-0.2, 0) is 0 Å². The summed E-state index contributed by atoms with van der Waals surface area (Å²) in [5, 5.41) is 14.2. The smallest absolute Gasteiger partial charge is 0.164 e. The first-order valence-corrected chi connectivity index (χ1v) is 5.09. The van der Waals surface area contributed by atoms with Crippen LogP contribution in [0.4, 0.5) is 10.1 Å². The number of nitrogens with zero attached hydrogens (tertiary/aromatic N) is 1. The topological polar surface area (TPSA) is 70.6 Å². The minimum atomic E-state index is -0.504. The number of rotatable bonds is 4. The van der Waals surface area contributed by atoms with Crippen LogP contribution in [0.5, 0.6) is 0 Å². The summed E-state index contributed by atoms with van der Waals surface area (Å²) in [7, 11) is 0. The molecule has 0 aliphatic rings. The number of anilines is 1. The monoisotopic (exact) mass is 245 g/mol. The number of halogens is 2. The molecular formula is C10H13ClFN3O. The minimum Gasteiger partial charge on any atom is -0.409 e. The Morgan fingerprint density at radius 1 is 1.69 bits per heavy atom. The fourth-order valence-corrected chi connectivity index (χ4v) is 1.28. The predicted octanol–water partition coefficient (Wildman–Crippen LogP) is 2.27. The van der Waals surface area contributed by atoms with Crippen LogP contribution in [0.2, 0.25) is 5.02 Å². The summed E-state index contributed by atoms with van der Waals surface area (Å²) in [6.45, 7) is 2.11. The van der Waals surface area contributed by atoms with Crippen molar-refractivity contribution in [1.82, 2.24) is 0 Å². The lowest BCUT2D eigenvalue weighted by atomic mass is 10.1. The quantitative estimate of drug-likeness (QED) is 0.330. The van der Waals surface area contributed by atoms with Crippen molar-refractivity contribution in [3.8, 4) is 0 Å². The van der Waals surface area contributed by atoms with E-state index in [4.69, 9.17) is 22.5 Å². The summed E-state index contributed by atoms with van der Waals surface area (Å²) in [5.74, 6) is -0.616. The van der Waals surface area contributed by atoms with Crippen LogP contribution in [0.3, 0.4) is 0 Å². The normalized spacial score (nSPS) is 13.6. The van der Waals surface area contributed by atoms with Gasteiger partial charge in [0.1, 0.15) is 5.84 Å². The number of benzene rings is 1. The Morgan fingerprint density at radius 2 is 2.38 bits per heavy atom. The van der Waals surface area contributed by atoms with Gasteiger partial charge in [0.05, 0.1) is 10.7 Å². The molecule has 4 N–H and O–H groups in total. The summed E-state index contributed by atoms with van der Waals surface area (Å²) in [6, 6.07) is 4.68. The molecule has 0 aliphatic heterocycles. The maximum atomic E-state index is 13.4. The van der Waals surface area contributed by atoms with Crippen molar-refractivity contribution < 1.29 is 9.60 Å². The van der Waals surface area contributed by atoms with Gasteiger partial charge in [-0.05, 0) is 12.1 Å². The van der Waals surface area contributed by atoms with Gasteiger partial charge in [-0.15, -0.1) is 0 Å². The highest BCUT2D eigenvalue weighted by molar-refractivity contribution is 6.31. The van der Waals surface area contributed by atoms with E-state index in [9.17, 15) is 4.39 Å². The third kappa shape index (κ3) is 3.00. The molecule has 0 spiro atoms. The molecule has 88 valence electrons. The second-order valence-electron chi connectivity index (χ2n) is 3.41. The highest BCUT2D eigenvalue weighted by Gasteiger charge is 2.10. The van der Waals surface area contributed by atoms with Crippen LogP contribution in [0.1, 0.15) is 6.92 Å². The molecule has 0 heterocycles. The molecule has 0 amide bonds. The van der Waals surface area contributed by atoms with E-state index < -0.39 is 5.82 Å². The van der Waals surface area contributed by atoms with Crippen molar-refractivity contribution in [2.45, 2.75) is 6.92 Å². The third-order valence-electron chi connectivity index (χ3n) is 2.17. The van der Waals surface area contributed by atoms with Crippen molar-refractivity contribution in [1.29, 1.82) is 0 Å². The molecule has 16 heavy (non-hydrogen) atoms. The number of hydrogen-bond acceptors (Lipinski definition) is 3. The van der Waals surface area contributed by atoms with Gasteiger partial charge in [-0.3, -0.25) is 0 Å². The largest absolute Gasteiger partial charge is 0.409 e. The third-order valence-corrected chi connectivity index (χ3v) is 2.46. The lowest BCUT2D eigenvalue weighted by molar-refractivity contribution is 0.315. The molecule has 1 aromatic carbocycles. The van der Waals surface area contributed by atoms with E-state index >= 15 is 0 Å². The van der Waals surface area contributed by atoms with Crippen molar-refractivity contribution >= 4 is 23.1 Å². The van der Waals surface area contributed by atoms with Gasteiger partial charge in [-0.2, -0.15) is 0 Å². The maximum Gasteiger partial charge on any atom is 0.164 e. The molecule has 0 aliphatic carbocycles. The zero-order chi connectivity index (χ0) is 12.1. The second-order valence-corrected chi connectivity index (χ2v) is 3.82. The van der Waals surface area contributed by atoms with Gasteiger partial charge in [0.15, 0.2) is 5.82 Å². The predicted molar refractivity (Wildman–Crippen MR) is 62.5 cm³/mol. The van der Waals surface area contributed by atoms with Crippen LogP contribution in [0.15, 0.2) is 23.4 Å². The number of amidine groups is 1. The van der Waals surface area contributed by atoms with Gasteiger partial charge in [-0.1, -0.05) is 29.7 Å². The molecule has 1 atom stereocenters. The Kier molecular flexibility index (Phi) is 4.37. The molecule has 0 aromatic heterocycles. The first-order valence-electron chi connectivity index (χ1n) is 4.71. The highest BCUT2D eigenvalue weighted by atomic mass is 35.5. The Morgan fingerprint density at radius 3 is 3.00 bits per heavy atom. The van der Waals surface area contributed by atoms with E-state index in [1.54, 1.807) is 19.1 Å². The number of hydrogen-bond donors (Lipinski definition) is 3. The van der Waals surface area contributed by atoms with Gasteiger partial charge in [0.25, 0.3) is 0 Å². The average molecular weight is 246 g/mol. The van der Waals surface area contributed by atoms with Crippen molar-refractivity contribution in [3.63, 3.8) is 0 Å². The van der Waals surface area contributed by atoms with Crippen LogP contribution in [-0.4, -0.2) is 17.6 Å². The first kappa shape index (κ1) is 12.6. The van der Waals surface area contributed by atoms with Crippen molar-refractivity contribution in [3.05, 3.63) is 29.0 Å². The van der Waals surface area contributed by atoms with E-state index in [0.717, 1.165) is 0 Å². The Hall–Kier alpha value is -1.49. The molecule has 0 fully saturated rings. The maximum absolute atomic E-state index is 13.4. The van der Waals surface area contributed by atoms with Gasteiger partial charge in [0.2, 0.25) is 0 Å². The summed E-state index contributed by atoms with van der Waals surface area (Å²) in [4.78, 5) is 0. The van der Waals surface area contributed by atoms with E-state index in [1.807, 2.05) is 0 Å². The Bertz CT molecular complexity index is 398. The van der Waals surface area contributed by atoms with Crippen molar-refractivity contribution in [2.24, 2.45) is 16.8 Å². The zero-order valence-electron chi connectivity index (χ0n) is 8.74. The van der Waals surface area contributed by atoms with Gasteiger partial charge in [0, 0.05) is 12.5 Å². The zero-order valence-corrected chi connectivity index (χ0v) is 9.50. The van der Waals surface area contributed by atoms with Crippen LogP contribution in [0, 0.1) is 11.7 Å². The Balaban J connectivity index is 2.65. The highest BCUT2D eigenvalue weighted by Crippen LogP contribution is 2.22. The van der Waals surface area contributed by atoms with E-state index in [0.29, 0.717) is 12.2 Å². The number of nitrogens with two attached hydrogens (primary N) is 1. The summed E-state index contributed by atoms with van der Waals surface area (Å²) < 4.78 is 13.4. The second kappa shape index (κ2) is 5.55. The molecule has 1 aromatic rings. The summed E-state index contributed by atoms with van der Waals surface area (Å²) in [5.41, 5.74) is 5.69. The van der Waals surface area contributed by atoms with Crippen LogP contribution in [0.25, 0.3) is 0 Å². The minimum absolute atomic E-state index is 0.0569. The molecule has 0 saturated carbocycles. The first-order chi connectivity index (χ1) is 7.56. The summed E-state index contributed by atoms with van der Waals surface area (Å²) >= 11 is 5.62. The summed E-state index contributed by atoms with van der Waals surface area (Å²) in [6.07, 6.45) is 0. The fourth-order valence-electron chi connectivity index (χ4n) is 1.11. The molecule has 0 saturated heterocycles. The van der Waals surface area contributed by atoms with Crippen molar-refractivity contribution in [2.75, 3.05) is 11.9 Å². The van der Waals surface area contributed by atoms with Crippen LogP contribution >= 0.6 is 11.6 Å². The molecule has 1 unspecified atom stereocenters. The molecule has 0 bridgehead atoms. The van der Waals surface area contributed by atoms with Gasteiger partial charge < -0.3 is 16.3 Å². The van der Waals surface area contributed by atoms with Crippen LogP contribution < -0.4 is 11.1 Å². The van der Waals surface area contributed by atoms with Gasteiger partial charge in [-0.25, -0.2) is 4.39 Å². The van der Waals surface area contributed by atoms with E-state index in [1.165, 1.54) is 6.07 Å². The SMILES string of the molecule is CC(CNc1cccc(Cl)c1F)C(N)=NO. The molecule has 4 nitrogen and oxygen atoms in total. The lowest BCUT2D eigenvalue weighted by Gasteiger charge is -2.12. The fraction of sp³-hybridized carbons (Fsp3) is 0.300. The molecule has 6 heteroatoms. The molecule has 0 radical (unpaired) electrons. The Labute approximate surface area is 97.9 Å². The number of oxime groups is 1. The van der Waals surface area contributed by atoms with Gasteiger partial charge >= 0.3 is 0 Å². The standard InChI is InChI=1S/C10H13ClFN3O/c1-6(10(13)15-16)5-14-8-4-2-3-7(11)9(8)12/h2-4,6,14,16H,5H2,1H3,(H2,13,15). The van der Waals surface area contributed by atoms with E-state index in [-0.39, 0.29) is 16.8 Å². The molecule has 1 rings (SSSR count).